The first-order valence-corrected chi connectivity index (χ1v) is 12.0. The van der Waals surface area contributed by atoms with E-state index in [2.05, 4.69) is 15.6 Å². The van der Waals surface area contributed by atoms with Crippen LogP contribution in [0.1, 0.15) is 41.5 Å². The number of β-amino-alcohol motifs (C(OH)–C–C–N with tert-alkyl or cyclic N) is 1. The van der Waals surface area contributed by atoms with Gasteiger partial charge in [0.15, 0.2) is 5.88 Å². The monoisotopic (exact) mass is 501 g/mol. The van der Waals surface area contributed by atoms with Crippen LogP contribution in [-0.2, 0) is 0 Å². The van der Waals surface area contributed by atoms with Gasteiger partial charge in [-0.15, -0.1) is 0 Å². The number of H-pyrrole nitrogens is 1. The first-order chi connectivity index (χ1) is 17.7. The van der Waals surface area contributed by atoms with Gasteiger partial charge in [-0.25, -0.2) is 4.79 Å². The van der Waals surface area contributed by atoms with Gasteiger partial charge in [0, 0.05) is 23.5 Å². The smallest absolute Gasteiger partial charge is 0.343 e. The Morgan fingerprint density at radius 1 is 0.973 bits per heavy atom. The third-order valence-corrected chi connectivity index (χ3v) is 5.53. The molecule has 0 bridgehead atoms. The maximum atomic E-state index is 13.2. The Morgan fingerprint density at radius 2 is 1.70 bits per heavy atom. The molecule has 37 heavy (non-hydrogen) atoms. The zero-order valence-corrected chi connectivity index (χ0v) is 21.1. The topological polar surface area (TPSA) is 113 Å². The van der Waals surface area contributed by atoms with E-state index in [0.29, 0.717) is 23.7 Å². The zero-order valence-electron chi connectivity index (χ0n) is 21.1. The molecule has 3 aromatic carbocycles. The van der Waals surface area contributed by atoms with E-state index in [0.717, 1.165) is 10.9 Å². The van der Waals surface area contributed by atoms with Crippen LogP contribution in [0.25, 0.3) is 10.9 Å². The molecule has 4 aromatic rings. The number of esters is 1. The average Bonchev–Trinajstić information content (AvgIpc) is 3.31. The number of carbonyl (C=O) groups is 2. The number of benzene rings is 3. The third kappa shape index (κ3) is 6.97. The molecule has 4 rings (SSSR count). The lowest BCUT2D eigenvalue weighted by molar-refractivity contribution is 0.0733. The number of rotatable bonds is 9. The van der Waals surface area contributed by atoms with Crippen molar-refractivity contribution in [3.8, 4) is 11.6 Å². The molecule has 0 saturated heterocycles. The van der Waals surface area contributed by atoms with Gasteiger partial charge in [-0.05, 0) is 57.2 Å². The van der Waals surface area contributed by atoms with E-state index in [9.17, 15) is 14.7 Å². The van der Waals surface area contributed by atoms with E-state index in [-0.39, 0.29) is 23.5 Å². The highest BCUT2D eigenvalue weighted by atomic mass is 16.5. The Morgan fingerprint density at radius 3 is 2.46 bits per heavy atom. The van der Waals surface area contributed by atoms with Crippen LogP contribution in [0.3, 0.4) is 0 Å². The van der Waals surface area contributed by atoms with Crippen molar-refractivity contribution in [3.05, 3.63) is 90.0 Å². The summed E-state index contributed by atoms with van der Waals surface area (Å²) in [5.41, 5.74) is 1.84. The molecule has 1 unspecified atom stereocenters. The van der Waals surface area contributed by atoms with Crippen molar-refractivity contribution in [2.75, 3.05) is 18.5 Å². The Labute approximate surface area is 215 Å². The number of hydrogen-bond acceptors (Lipinski definition) is 6. The molecule has 192 valence electrons. The number of hydrogen-bond donors (Lipinski definition) is 4. The quantitative estimate of drug-likeness (QED) is 0.194. The summed E-state index contributed by atoms with van der Waals surface area (Å²) in [6.07, 6.45) is -0.681. The van der Waals surface area contributed by atoms with Crippen LogP contribution in [0.2, 0.25) is 0 Å². The van der Waals surface area contributed by atoms with E-state index in [4.69, 9.17) is 9.47 Å². The van der Waals surface area contributed by atoms with Gasteiger partial charge in [0.05, 0.1) is 22.3 Å². The third-order valence-electron chi connectivity index (χ3n) is 5.53. The number of amides is 1. The Hall–Kier alpha value is -4.14. The van der Waals surface area contributed by atoms with Crippen LogP contribution in [-0.4, -0.2) is 46.8 Å². The van der Waals surface area contributed by atoms with Crippen LogP contribution < -0.4 is 20.1 Å². The van der Waals surface area contributed by atoms with Crippen LogP contribution >= 0.6 is 0 Å². The summed E-state index contributed by atoms with van der Waals surface area (Å²) in [4.78, 5) is 28.9. The van der Waals surface area contributed by atoms with Gasteiger partial charge < -0.3 is 30.2 Å². The number of aromatic nitrogens is 1. The number of aliphatic hydroxyl groups excluding tert-OH is 1. The van der Waals surface area contributed by atoms with E-state index in [1.54, 1.807) is 60.7 Å². The Kier molecular flexibility index (Phi) is 7.91. The van der Waals surface area contributed by atoms with E-state index < -0.39 is 18.0 Å². The summed E-state index contributed by atoms with van der Waals surface area (Å²) >= 11 is 0. The van der Waals surface area contributed by atoms with Gasteiger partial charge in [-0.2, -0.15) is 0 Å². The van der Waals surface area contributed by atoms with Crippen LogP contribution in [0, 0.1) is 0 Å². The second kappa shape index (κ2) is 11.3. The van der Waals surface area contributed by atoms with Crippen molar-refractivity contribution in [3.63, 3.8) is 0 Å². The molecule has 4 N–H and O–H groups in total. The molecule has 1 aromatic heterocycles. The number of aliphatic hydroxyl groups is 1. The number of nitrogens with one attached hydrogen (secondary N) is 3. The number of para-hydroxylation sites is 1. The standard InChI is InChI=1S/C29H31N3O5/c1-29(2,3)30-17-20(33)18-36-26-16-22-23(31-26)13-9-14-24(22)32-27(34)21-12-7-8-15-25(21)37-28(35)19-10-5-4-6-11-19/h4-16,20,30-31,33H,17-18H2,1-3H3,(H,32,34). The summed E-state index contributed by atoms with van der Waals surface area (Å²) in [5.74, 6) is -0.327. The number of fused-ring (bicyclic) bond motifs is 1. The minimum absolute atomic E-state index is 0.103. The molecule has 8 heteroatoms. The van der Waals surface area contributed by atoms with Crippen LogP contribution in [0.5, 0.6) is 11.6 Å². The molecule has 0 saturated carbocycles. The van der Waals surface area contributed by atoms with Gasteiger partial charge in [-0.1, -0.05) is 36.4 Å². The summed E-state index contributed by atoms with van der Waals surface area (Å²) < 4.78 is 11.3. The predicted molar refractivity (Wildman–Crippen MR) is 143 cm³/mol. The van der Waals surface area contributed by atoms with E-state index in [1.807, 2.05) is 39.0 Å². The lowest BCUT2D eigenvalue weighted by atomic mass is 10.1. The van der Waals surface area contributed by atoms with E-state index in [1.165, 1.54) is 0 Å². The second-order valence-corrected chi connectivity index (χ2v) is 9.70. The molecule has 1 heterocycles. The summed E-state index contributed by atoms with van der Waals surface area (Å²) in [7, 11) is 0. The maximum Gasteiger partial charge on any atom is 0.343 e. The van der Waals surface area contributed by atoms with Gasteiger partial charge in [0.2, 0.25) is 0 Å². The van der Waals surface area contributed by atoms with Gasteiger partial charge >= 0.3 is 5.97 Å². The first-order valence-electron chi connectivity index (χ1n) is 12.0. The second-order valence-electron chi connectivity index (χ2n) is 9.70. The van der Waals surface area contributed by atoms with Gasteiger partial charge in [-0.3, -0.25) is 4.79 Å². The number of aromatic amines is 1. The lowest BCUT2D eigenvalue weighted by Gasteiger charge is -2.22. The molecule has 8 nitrogen and oxygen atoms in total. The SMILES string of the molecule is CC(C)(C)NCC(O)COc1cc2c(NC(=O)c3ccccc3OC(=O)c3ccccc3)cccc2[nH]1. The molecule has 0 aliphatic carbocycles. The predicted octanol–water partition coefficient (Wildman–Crippen LogP) is 4.77. The highest BCUT2D eigenvalue weighted by molar-refractivity contribution is 6.10. The van der Waals surface area contributed by atoms with Gasteiger partial charge in [0.25, 0.3) is 5.91 Å². The van der Waals surface area contributed by atoms with Crippen molar-refractivity contribution in [1.82, 2.24) is 10.3 Å². The molecule has 0 radical (unpaired) electrons. The lowest BCUT2D eigenvalue weighted by Crippen LogP contribution is -2.42. The molecule has 0 fully saturated rings. The average molecular weight is 502 g/mol. The first kappa shape index (κ1) is 25.9. The summed E-state index contributed by atoms with van der Waals surface area (Å²) in [5, 5.41) is 17.1. The molecular weight excluding hydrogens is 470 g/mol. The number of anilines is 1. The molecule has 1 amide bonds. The fraction of sp³-hybridized carbons (Fsp3) is 0.241. The molecule has 1 atom stereocenters. The molecule has 0 spiro atoms. The normalized spacial score (nSPS) is 12.2. The minimum Gasteiger partial charge on any atom is -0.476 e. The zero-order chi connectivity index (χ0) is 26.4. The van der Waals surface area contributed by atoms with Crippen molar-refractivity contribution in [2.45, 2.75) is 32.4 Å². The van der Waals surface area contributed by atoms with Crippen molar-refractivity contribution in [2.24, 2.45) is 0 Å². The highest BCUT2D eigenvalue weighted by Crippen LogP contribution is 2.29. The van der Waals surface area contributed by atoms with Crippen molar-refractivity contribution in [1.29, 1.82) is 0 Å². The molecular formula is C29H31N3O5. The maximum absolute atomic E-state index is 13.2. The van der Waals surface area contributed by atoms with Crippen LogP contribution in [0.15, 0.2) is 78.9 Å². The Balaban J connectivity index is 1.46. The largest absolute Gasteiger partial charge is 0.476 e. The highest BCUT2D eigenvalue weighted by Gasteiger charge is 2.18. The number of ether oxygens (including phenoxy) is 2. The molecule has 0 aliphatic heterocycles. The van der Waals surface area contributed by atoms with Gasteiger partial charge in [0.1, 0.15) is 18.5 Å². The van der Waals surface area contributed by atoms with Crippen LogP contribution in [0.4, 0.5) is 5.69 Å². The summed E-state index contributed by atoms with van der Waals surface area (Å²) in [6.45, 7) is 6.59. The fourth-order valence-corrected chi connectivity index (χ4v) is 3.65. The van der Waals surface area contributed by atoms with Crippen molar-refractivity contribution >= 4 is 28.5 Å². The fourth-order valence-electron chi connectivity index (χ4n) is 3.65. The molecule has 0 aliphatic rings. The summed E-state index contributed by atoms with van der Waals surface area (Å²) in [6, 6.07) is 22.4. The number of carbonyl (C=O) groups excluding carboxylic acids is 2. The Bertz CT molecular complexity index is 1380. The minimum atomic E-state index is -0.681. The van der Waals surface area contributed by atoms with E-state index >= 15 is 0 Å². The van der Waals surface area contributed by atoms with Crippen molar-refractivity contribution < 1.29 is 24.2 Å².